The van der Waals surface area contributed by atoms with Crippen LogP contribution in [-0.2, 0) is 11.2 Å². The molecule has 3 rings (SSSR count). The molecule has 1 aromatic carbocycles. The van der Waals surface area contributed by atoms with E-state index in [1.165, 1.54) is 4.90 Å². The second kappa shape index (κ2) is 5.37. The number of anilines is 1. The molecule has 0 bridgehead atoms. The molecule has 1 fully saturated rings. The van der Waals surface area contributed by atoms with Crippen molar-refractivity contribution in [1.29, 1.82) is 0 Å². The first-order valence-corrected chi connectivity index (χ1v) is 7.11. The van der Waals surface area contributed by atoms with Crippen molar-refractivity contribution in [2.45, 2.75) is 18.9 Å². The quantitative estimate of drug-likeness (QED) is 0.849. The van der Waals surface area contributed by atoms with Crippen molar-refractivity contribution in [2.75, 3.05) is 24.6 Å². The van der Waals surface area contributed by atoms with Gasteiger partial charge in [0.2, 0.25) is 0 Å². The average Bonchev–Trinajstić information content (AvgIpc) is 3.11. The molecule has 0 spiro atoms. The highest BCUT2D eigenvalue weighted by atomic mass is 16.4. The van der Waals surface area contributed by atoms with Crippen LogP contribution in [0.3, 0.4) is 0 Å². The number of fused-ring (bicyclic) bond motifs is 1. The summed E-state index contributed by atoms with van der Waals surface area (Å²) in [6.07, 6.45) is 1.10. The van der Waals surface area contributed by atoms with Gasteiger partial charge in [0.1, 0.15) is 6.04 Å². The SMILES string of the molecule is O=C(O)C1Cc2ccccc2N1C(=O)N1CCC(CO)C1. The smallest absolute Gasteiger partial charge is 0.327 e. The number of para-hydroxylation sites is 1. The highest BCUT2D eigenvalue weighted by Gasteiger charge is 2.41. The number of aliphatic hydroxyl groups excluding tert-OH is 1. The molecule has 0 aliphatic carbocycles. The number of carboxylic acids is 1. The number of carbonyl (C=O) groups is 2. The molecule has 0 radical (unpaired) electrons. The van der Waals surface area contributed by atoms with Gasteiger partial charge < -0.3 is 15.1 Å². The van der Waals surface area contributed by atoms with Gasteiger partial charge in [0.05, 0.1) is 0 Å². The average molecular weight is 290 g/mol. The number of carboxylic acid groups (broad SMARTS) is 1. The van der Waals surface area contributed by atoms with Gasteiger partial charge >= 0.3 is 12.0 Å². The Bertz CT molecular complexity index is 575. The number of carbonyl (C=O) groups excluding carboxylic acids is 1. The number of rotatable bonds is 2. The summed E-state index contributed by atoms with van der Waals surface area (Å²) in [4.78, 5) is 27.2. The lowest BCUT2D eigenvalue weighted by Gasteiger charge is -2.28. The highest BCUT2D eigenvalue weighted by Crippen LogP contribution is 2.34. The summed E-state index contributed by atoms with van der Waals surface area (Å²) in [5, 5.41) is 18.6. The number of benzene rings is 1. The fraction of sp³-hybridized carbons (Fsp3) is 0.467. The van der Waals surface area contributed by atoms with E-state index in [1.807, 2.05) is 18.2 Å². The van der Waals surface area contributed by atoms with Crippen molar-refractivity contribution in [1.82, 2.24) is 4.90 Å². The molecule has 6 nitrogen and oxygen atoms in total. The molecule has 2 amide bonds. The van der Waals surface area contributed by atoms with E-state index >= 15 is 0 Å². The number of aliphatic carboxylic acids is 1. The maximum absolute atomic E-state index is 12.7. The zero-order valence-electron chi connectivity index (χ0n) is 11.6. The van der Waals surface area contributed by atoms with Gasteiger partial charge in [-0.3, -0.25) is 4.90 Å². The molecule has 1 aromatic rings. The van der Waals surface area contributed by atoms with E-state index in [0.717, 1.165) is 12.0 Å². The van der Waals surface area contributed by atoms with E-state index in [2.05, 4.69) is 0 Å². The summed E-state index contributed by atoms with van der Waals surface area (Å²) in [5.41, 5.74) is 1.57. The van der Waals surface area contributed by atoms with Crippen LogP contribution in [0.1, 0.15) is 12.0 Å². The summed E-state index contributed by atoms with van der Waals surface area (Å²) in [7, 11) is 0. The number of urea groups is 1. The van der Waals surface area contributed by atoms with Crippen molar-refractivity contribution >= 4 is 17.7 Å². The first kappa shape index (κ1) is 13.9. The number of likely N-dealkylation sites (tertiary alicyclic amines) is 1. The Hall–Kier alpha value is -2.08. The number of aliphatic hydroxyl groups is 1. The fourth-order valence-corrected chi connectivity index (χ4v) is 3.13. The predicted molar refractivity (Wildman–Crippen MR) is 76.2 cm³/mol. The molecule has 0 aromatic heterocycles. The minimum absolute atomic E-state index is 0.0583. The van der Waals surface area contributed by atoms with Crippen LogP contribution in [0.15, 0.2) is 24.3 Å². The maximum atomic E-state index is 12.7. The largest absolute Gasteiger partial charge is 0.480 e. The van der Waals surface area contributed by atoms with Crippen molar-refractivity contribution in [3.8, 4) is 0 Å². The highest BCUT2D eigenvalue weighted by molar-refractivity contribution is 6.01. The second-order valence-corrected chi connectivity index (χ2v) is 5.62. The second-order valence-electron chi connectivity index (χ2n) is 5.62. The summed E-state index contributed by atoms with van der Waals surface area (Å²) in [6.45, 7) is 1.11. The van der Waals surface area contributed by atoms with Crippen LogP contribution >= 0.6 is 0 Å². The number of nitrogens with zero attached hydrogens (tertiary/aromatic N) is 2. The van der Waals surface area contributed by atoms with Crippen LogP contribution in [0, 0.1) is 5.92 Å². The first-order valence-electron chi connectivity index (χ1n) is 7.11. The van der Waals surface area contributed by atoms with E-state index in [9.17, 15) is 19.8 Å². The van der Waals surface area contributed by atoms with Crippen molar-refractivity contribution in [3.05, 3.63) is 29.8 Å². The topological polar surface area (TPSA) is 81.1 Å². The molecule has 21 heavy (non-hydrogen) atoms. The van der Waals surface area contributed by atoms with Gasteiger partial charge in [-0.05, 0) is 18.1 Å². The molecule has 2 aliphatic heterocycles. The summed E-state index contributed by atoms with van der Waals surface area (Å²) in [5.74, 6) is -0.896. The molecule has 2 atom stereocenters. The third kappa shape index (κ3) is 2.35. The predicted octanol–water partition coefficient (Wildman–Crippen LogP) is 0.937. The Labute approximate surface area is 122 Å². The third-order valence-corrected chi connectivity index (χ3v) is 4.28. The van der Waals surface area contributed by atoms with Gasteiger partial charge in [0.25, 0.3) is 0 Å². The van der Waals surface area contributed by atoms with Crippen molar-refractivity contribution in [3.63, 3.8) is 0 Å². The summed E-state index contributed by atoms with van der Waals surface area (Å²) in [6, 6.07) is 6.19. The number of hydrogen-bond donors (Lipinski definition) is 2. The lowest BCUT2D eigenvalue weighted by Crippen LogP contribution is -2.49. The number of amides is 2. The Morgan fingerprint density at radius 3 is 2.71 bits per heavy atom. The number of hydrogen-bond acceptors (Lipinski definition) is 3. The minimum Gasteiger partial charge on any atom is -0.480 e. The van der Waals surface area contributed by atoms with Crippen LogP contribution in [0.5, 0.6) is 0 Å². The summed E-state index contributed by atoms with van der Waals surface area (Å²) >= 11 is 0. The van der Waals surface area contributed by atoms with Gasteiger partial charge in [-0.1, -0.05) is 18.2 Å². The Morgan fingerprint density at radius 2 is 2.05 bits per heavy atom. The molecule has 0 saturated carbocycles. The van der Waals surface area contributed by atoms with Gasteiger partial charge in [0, 0.05) is 37.7 Å². The Morgan fingerprint density at radius 1 is 1.29 bits per heavy atom. The standard InChI is InChI=1S/C15H18N2O4/c18-9-10-5-6-16(8-10)15(21)17-12-4-2-1-3-11(12)7-13(17)14(19)20/h1-4,10,13,18H,5-9H2,(H,19,20). The minimum atomic E-state index is -0.988. The Kier molecular flexibility index (Phi) is 3.55. The van der Waals surface area contributed by atoms with E-state index < -0.39 is 12.0 Å². The van der Waals surface area contributed by atoms with Crippen molar-refractivity contribution < 1.29 is 19.8 Å². The molecule has 2 heterocycles. The van der Waals surface area contributed by atoms with Crippen LogP contribution in [-0.4, -0.2) is 52.9 Å². The Balaban J connectivity index is 1.87. The monoisotopic (exact) mass is 290 g/mol. The lowest BCUT2D eigenvalue weighted by molar-refractivity contribution is -0.138. The van der Waals surface area contributed by atoms with Crippen LogP contribution < -0.4 is 4.90 Å². The molecular weight excluding hydrogens is 272 g/mol. The molecule has 6 heteroatoms. The first-order chi connectivity index (χ1) is 10.1. The lowest BCUT2D eigenvalue weighted by atomic mass is 10.1. The molecular formula is C15H18N2O4. The van der Waals surface area contributed by atoms with E-state index in [0.29, 0.717) is 25.2 Å². The van der Waals surface area contributed by atoms with Crippen molar-refractivity contribution in [2.24, 2.45) is 5.92 Å². The summed E-state index contributed by atoms with van der Waals surface area (Å²) < 4.78 is 0. The van der Waals surface area contributed by atoms with E-state index in [1.54, 1.807) is 11.0 Å². The van der Waals surface area contributed by atoms with E-state index in [4.69, 9.17) is 0 Å². The van der Waals surface area contributed by atoms with E-state index in [-0.39, 0.29) is 18.6 Å². The third-order valence-electron chi connectivity index (χ3n) is 4.28. The van der Waals surface area contributed by atoms with Gasteiger partial charge in [-0.2, -0.15) is 0 Å². The van der Waals surface area contributed by atoms with Gasteiger partial charge in [-0.25, -0.2) is 9.59 Å². The van der Waals surface area contributed by atoms with Gasteiger partial charge in [0.15, 0.2) is 0 Å². The molecule has 2 unspecified atom stereocenters. The van der Waals surface area contributed by atoms with Crippen LogP contribution in [0.25, 0.3) is 0 Å². The maximum Gasteiger partial charge on any atom is 0.327 e. The molecule has 1 saturated heterocycles. The zero-order valence-corrected chi connectivity index (χ0v) is 11.6. The molecule has 2 aliphatic rings. The van der Waals surface area contributed by atoms with Gasteiger partial charge in [-0.15, -0.1) is 0 Å². The zero-order chi connectivity index (χ0) is 15.0. The molecule has 112 valence electrons. The fourth-order valence-electron chi connectivity index (χ4n) is 3.13. The van der Waals surface area contributed by atoms with Crippen LogP contribution in [0.2, 0.25) is 0 Å². The normalized spacial score (nSPS) is 24.2. The van der Waals surface area contributed by atoms with Crippen LogP contribution in [0.4, 0.5) is 10.5 Å². The molecule has 2 N–H and O–H groups in total.